The van der Waals surface area contributed by atoms with Gasteiger partial charge in [-0.25, -0.2) is 14.6 Å². The molecule has 1 aliphatic heterocycles. The van der Waals surface area contributed by atoms with Crippen molar-refractivity contribution in [2.24, 2.45) is 15.3 Å². The molecule has 0 radical (unpaired) electrons. The summed E-state index contributed by atoms with van der Waals surface area (Å²) in [6.45, 7) is 2.80. The number of ether oxygens (including phenoxy) is 1. The average molecular weight is 410 g/mol. The molecule has 0 saturated heterocycles. The SMILES string of the molecule is CC(C)(O/N=S1/C=C(CC(=O)O)N=C1N)C(=O)OCc1ccc([N+](=O)[O-])cc1. The van der Waals surface area contributed by atoms with Gasteiger partial charge in [-0.1, -0.05) is 4.53 Å². The molecule has 150 valence electrons. The number of aliphatic carboxylic acids is 1. The van der Waals surface area contributed by atoms with E-state index in [-0.39, 0.29) is 29.6 Å². The molecule has 12 heteroatoms. The molecule has 0 fully saturated rings. The molecule has 28 heavy (non-hydrogen) atoms. The fourth-order valence-electron chi connectivity index (χ4n) is 1.91. The van der Waals surface area contributed by atoms with Gasteiger partial charge in [0.1, 0.15) is 6.61 Å². The molecular weight excluding hydrogens is 392 g/mol. The molecule has 1 unspecified atom stereocenters. The van der Waals surface area contributed by atoms with Crippen LogP contribution in [0.15, 0.2) is 44.9 Å². The zero-order valence-corrected chi connectivity index (χ0v) is 15.8. The lowest BCUT2D eigenvalue weighted by atomic mass is 10.1. The van der Waals surface area contributed by atoms with Crippen molar-refractivity contribution >= 4 is 33.5 Å². The summed E-state index contributed by atoms with van der Waals surface area (Å²) in [6, 6.07) is 5.58. The highest BCUT2D eigenvalue weighted by molar-refractivity contribution is 8.05. The number of rotatable bonds is 8. The molecule has 1 aromatic carbocycles. The third kappa shape index (κ3) is 5.69. The van der Waals surface area contributed by atoms with E-state index in [0.717, 1.165) is 0 Å². The lowest BCUT2D eigenvalue weighted by molar-refractivity contribution is -0.384. The summed E-state index contributed by atoms with van der Waals surface area (Å²) >= 11 is 0. The Morgan fingerprint density at radius 1 is 1.36 bits per heavy atom. The Bertz CT molecular complexity index is 891. The first-order valence-corrected chi connectivity index (χ1v) is 9.12. The first kappa shape index (κ1) is 21.2. The third-order valence-electron chi connectivity index (χ3n) is 3.40. The Morgan fingerprint density at radius 3 is 2.57 bits per heavy atom. The number of nitro groups is 1. The largest absolute Gasteiger partial charge is 0.481 e. The van der Waals surface area contributed by atoms with Crippen LogP contribution in [0.25, 0.3) is 0 Å². The van der Waals surface area contributed by atoms with E-state index in [1.807, 2.05) is 0 Å². The van der Waals surface area contributed by atoms with Crippen LogP contribution >= 0.6 is 0 Å². The molecule has 1 aromatic rings. The van der Waals surface area contributed by atoms with Crippen molar-refractivity contribution in [3.63, 3.8) is 0 Å². The monoisotopic (exact) mass is 410 g/mol. The highest BCUT2D eigenvalue weighted by Gasteiger charge is 2.32. The second-order valence-corrected chi connectivity index (χ2v) is 7.55. The van der Waals surface area contributed by atoms with Crippen LogP contribution in [0.5, 0.6) is 0 Å². The number of esters is 1. The number of nitrogens with two attached hydrogens (primary N) is 1. The average Bonchev–Trinajstić information content (AvgIpc) is 2.96. The molecule has 1 aliphatic rings. The van der Waals surface area contributed by atoms with Gasteiger partial charge >= 0.3 is 11.9 Å². The maximum atomic E-state index is 12.2. The number of non-ortho nitro benzene ring substituents is 1. The predicted molar refractivity (Wildman–Crippen MR) is 99.8 cm³/mol. The maximum absolute atomic E-state index is 12.2. The number of nitro benzene ring substituents is 1. The highest BCUT2D eigenvalue weighted by Crippen LogP contribution is 2.19. The topological polar surface area (TPSA) is 167 Å². The number of carbonyl (C=O) groups is 2. The number of benzene rings is 1. The number of carbonyl (C=O) groups excluding carboxylic acids is 1. The molecule has 0 spiro atoms. The van der Waals surface area contributed by atoms with Gasteiger partial charge in [-0.3, -0.25) is 14.9 Å². The smallest absolute Gasteiger partial charge is 0.341 e. The second-order valence-electron chi connectivity index (χ2n) is 6.12. The predicted octanol–water partition coefficient (Wildman–Crippen LogP) is 1.79. The second kappa shape index (κ2) is 8.71. The molecule has 0 bridgehead atoms. The highest BCUT2D eigenvalue weighted by atomic mass is 32.2. The van der Waals surface area contributed by atoms with Gasteiger partial charge in [-0.05, 0) is 31.5 Å². The Hall–Kier alpha value is -3.12. The van der Waals surface area contributed by atoms with Crippen LogP contribution in [0.4, 0.5) is 5.69 Å². The summed E-state index contributed by atoms with van der Waals surface area (Å²) in [7, 11) is -1.10. The van der Waals surface area contributed by atoms with Gasteiger partial charge in [0.25, 0.3) is 5.69 Å². The molecular formula is C16H18N4O7S. The van der Waals surface area contributed by atoms with Crippen molar-refractivity contribution in [3.05, 3.63) is 51.0 Å². The molecule has 1 heterocycles. The van der Waals surface area contributed by atoms with Crippen molar-refractivity contribution in [1.29, 1.82) is 0 Å². The molecule has 2 rings (SSSR count). The zero-order chi connectivity index (χ0) is 20.9. The standard InChI is InChI=1S/C16H18N4O7S/c1-16(2,27-19-28-9-11(7-13(21)22)18-15(28)17)14(23)26-8-10-3-5-12(6-4-10)20(24)25/h3-6,9H,7-8H2,1-2H3,(H2,17,18)(H,21,22). The van der Waals surface area contributed by atoms with Crippen LogP contribution in [0, 0.1) is 10.1 Å². The van der Waals surface area contributed by atoms with E-state index < -0.39 is 33.2 Å². The Morgan fingerprint density at radius 2 is 2.00 bits per heavy atom. The summed E-state index contributed by atoms with van der Waals surface area (Å²) in [5, 5.41) is 20.9. The minimum Gasteiger partial charge on any atom is -0.481 e. The molecule has 0 aromatic heterocycles. The number of nitrogens with zero attached hydrogens (tertiary/aromatic N) is 3. The summed E-state index contributed by atoms with van der Waals surface area (Å²) in [4.78, 5) is 42.2. The fraction of sp³-hybridized carbons (Fsp3) is 0.312. The van der Waals surface area contributed by atoms with Crippen molar-refractivity contribution in [2.75, 3.05) is 0 Å². The van der Waals surface area contributed by atoms with Crippen LogP contribution in [0.1, 0.15) is 25.8 Å². The summed E-state index contributed by atoms with van der Waals surface area (Å²) in [6.07, 6.45) is -0.291. The fourth-order valence-corrected chi connectivity index (χ4v) is 3.02. The Balaban J connectivity index is 1.95. The number of hydrogen-bond acceptors (Lipinski definition) is 9. The van der Waals surface area contributed by atoms with Crippen molar-refractivity contribution in [3.8, 4) is 0 Å². The van der Waals surface area contributed by atoms with E-state index >= 15 is 0 Å². The number of hydrogen-bond donors (Lipinski definition) is 2. The van der Waals surface area contributed by atoms with E-state index in [9.17, 15) is 19.7 Å². The van der Waals surface area contributed by atoms with Crippen LogP contribution < -0.4 is 5.73 Å². The molecule has 0 amide bonds. The van der Waals surface area contributed by atoms with E-state index in [0.29, 0.717) is 5.56 Å². The molecule has 1 atom stereocenters. The zero-order valence-electron chi connectivity index (χ0n) is 15.0. The van der Waals surface area contributed by atoms with Gasteiger partial charge in [0, 0.05) is 28.2 Å². The minimum absolute atomic E-state index is 0.0651. The summed E-state index contributed by atoms with van der Waals surface area (Å²) in [5.41, 5.74) is 5.03. The number of amidine groups is 1. The normalized spacial score (nSPS) is 16.4. The molecule has 11 nitrogen and oxygen atoms in total. The number of aliphatic imine (C=N–C) groups is 1. The van der Waals surface area contributed by atoms with Gasteiger partial charge in [0.15, 0.2) is 10.8 Å². The first-order valence-electron chi connectivity index (χ1n) is 7.88. The van der Waals surface area contributed by atoms with Gasteiger partial charge in [-0.2, -0.15) is 0 Å². The minimum atomic E-state index is -1.43. The van der Waals surface area contributed by atoms with Crippen LogP contribution in [0.3, 0.4) is 0 Å². The van der Waals surface area contributed by atoms with Crippen molar-refractivity contribution in [2.45, 2.75) is 32.5 Å². The summed E-state index contributed by atoms with van der Waals surface area (Å²) in [5.74, 6) is -1.76. The van der Waals surface area contributed by atoms with E-state index in [1.165, 1.54) is 43.5 Å². The third-order valence-corrected chi connectivity index (χ3v) is 4.65. The Kier molecular flexibility index (Phi) is 6.59. The van der Waals surface area contributed by atoms with Gasteiger partial charge in [0.05, 0.1) is 17.0 Å². The lowest BCUT2D eigenvalue weighted by Crippen LogP contribution is -2.35. The maximum Gasteiger partial charge on any atom is 0.341 e. The van der Waals surface area contributed by atoms with Crippen molar-refractivity contribution < 1.29 is 29.2 Å². The number of carboxylic acids is 1. The van der Waals surface area contributed by atoms with Crippen LogP contribution in [-0.4, -0.2) is 32.7 Å². The van der Waals surface area contributed by atoms with Crippen LogP contribution in [-0.2, 0) is 36.5 Å². The lowest BCUT2D eigenvalue weighted by Gasteiger charge is -2.19. The summed E-state index contributed by atoms with van der Waals surface area (Å²) < 4.78 is 9.03. The number of carboxylic acid groups (broad SMARTS) is 1. The van der Waals surface area contributed by atoms with E-state index in [4.69, 9.17) is 20.4 Å². The Labute approximate surface area is 162 Å². The van der Waals surface area contributed by atoms with Crippen molar-refractivity contribution in [1.82, 2.24) is 0 Å². The van der Waals surface area contributed by atoms with Gasteiger partial charge in [-0.15, -0.1) is 0 Å². The molecule has 0 saturated carbocycles. The van der Waals surface area contributed by atoms with Gasteiger partial charge in [0.2, 0.25) is 0 Å². The van der Waals surface area contributed by atoms with Crippen LogP contribution in [0.2, 0.25) is 0 Å². The van der Waals surface area contributed by atoms with E-state index in [1.54, 1.807) is 0 Å². The van der Waals surface area contributed by atoms with E-state index in [2.05, 4.69) is 9.52 Å². The molecule has 0 aliphatic carbocycles. The quantitative estimate of drug-likeness (QED) is 0.371. The molecule has 3 N–H and O–H groups in total. The first-order chi connectivity index (χ1) is 13.1. The van der Waals surface area contributed by atoms with Gasteiger partial charge < -0.3 is 15.6 Å².